The molecule has 1 aliphatic heterocycles. The van der Waals surface area contributed by atoms with E-state index in [1.807, 2.05) is 6.07 Å². The molecule has 2 aromatic heterocycles. The molecule has 0 aliphatic carbocycles. The van der Waals surface area contributed by atoms with Crippen molar-refractivity contribution in [3.8, 4) is 5.69 Å². The number of carbonyl (C=O) groups excluding carboxylic acids is 1. The molecule has 1 fully saturated rings. The zero-order valence-corrected chi connectivity index (χ0v) is 14.9. The summed E-state index contributed by atoms with van der Waals surface area (Å²) in [4.78, 5) is 16.7. The average molecular weight is 370 g/mol. The quantitative estimate of drug-likeness (QED) is 0.695. The molecule has 0 unspecified atom stereocenters. The molecule has 1 amide bonds. The van der Waals surface area contributed by atoms with Gasteiger partial charge in [-0.3, -0.25) is 9.69 Å². The van der Waals surface area contributed by atoms with Crippen molar-refractivity contribution in [2.75, 3.05) is 26.2 Å². The molecular weight excluding hydrogens is 351 g/mol. The third kappa shape index (κ3) is 3.72. The smallest absolute Gasteiger partial charge is 0.276 e. The number of carbonyl (C=O) groups is 1. The number of piperazine rings is 1. The Kier molecular flexibility index (Phi) is 4.68. The molecule has 1 aliphatic rings. The summed E-state index contributed by atoms with van der Waals surface area (Å²) in [6.45, 7) is 5.22. The molecule has 3 aromatic rings. The fraction of sp³-hybridized carbons (Fsp3) is 0.333. The van der Waals surface area contributed by atoms with E-state index in [1.165, 1.54) is 16.8 Å². The highest BCUT2D eigenvalue weighted by Gasteiger charge is 2.24. The molecule has 3 heterocycles. The Balaban J connectivity index is 1.40. The number of rotatable bonds is 4. The van der Waals surface area contributed by atoms with Crippen molar-refractivity contribution in [3.05, 3.63) is 59.5 Å². The van der Waals surface area contributed by atoms with Gasteiger partial charge in [-0.25, -0.2) is 9.07 Å². The highest BCUT2D eigenvalue weighted by atomic mass is 19.1. The topological polar surface area (TPSA) is 80.3 Å². The van der Waals surface area contributed by atoms with Gasteiger partial charge in [0.15, 0.2) is 5.69 Å². The minimum atomic E-state index is -0.309. The van der Waals surface area contributed by atoms with Crippen LogP contribution >= 0.6 is 0 Å². The lowest BCUT2D eigenvalue weighted by molar-refractivity contribution is 0.0620. The van der Waals surface area contributed by atoms with E-state index in [0.717, 1.165) is 24.3 Å². The minimum absolute atomic E-state index is 0.151. The van der Waals surface area contributed by atoms with Crippen LogP contribution in [0.5, 0.6) is 0 Å². The summed E-state index contributed by atoms with van der Waals surface area (Å²) in [5, 5.41) is 11.9. The molecular formula is C18H19FN6O2. The largest absolute Gasteiger partial charge is 0.364 e. The summed E-state index contributed by atoms with van der Waals surface area (Å²) >= 11 is 0. The maximum Gasteiger partial charge on any atom is 0.276 e. The second kappa shape index (κ2) is 7.28. The Morgan fingerprint density at radius 3 is 2.74 bits per heavy atom. The van der Waals surface area contributed by atoms with Crippen molar-refractivity contribution in [1.82, 2.24) is 30.0 Å². The van der Waals surface area contributed by atoms with Crippen molar-refractivity contribution < 1.29 is 13.7 Å². The van der Waals surface area contributed by atoms with E-state index in [0.29, 0.717) is 25.3 Å². The number of aryl methyl sites for hydroxylation is 1. The molecule has 0 saturated carbocycles. The molecule has 9 heteroatoms. The number of amides is 1. The predicted molar refractivity (Wildman–Crippen MR) is 93.7 cm³/mol. The van der Waals surface area contributed by atoms with Crippen molar-refractivity contribution in [2.24, 2.45) is 0 Å². The zero-order valence-electron chi connectivity index (χ0n) is 14.9. The standard InChI is InChI=1S/C18H19FN6O2/c1-13-10-14(19)2-3-17(13)25-12-16(20-22-25)18(26)24-7-5-23(6-8-24)11-15-4-9-27-21-15/h2-4,9-10,12H,5-8,11H2,1H3. The van der Waals surface area contributed by atoms with Crippen LogP contribution in [0.1, 0.15) is 21.7 Å². The van der Waals surface area contributed by atoms with Crippen LogP contribution < -0.4 is 0 Å². The molecule has 0 bridgehead atoms. The normalized spacial score (nSPS) is 15.3. The van der Waals surface area contributed by atoms with E-state index in [2.05, 4.69) is 20.4 Å². The third-order valence-corrected chi connectivity index (χ3v) is 4.65. The van der Waals surface area contributed by atoms with E-state index in [1.54, 1.807) is 30.4 Å². The molecule has 4 rings (SSSR count). The zero-order chi connectivity index (χ0) is 18.8. The van der Waals surface area contributed by atoms with Crippen LogP contribution in [0.2, 0.25) is 0 Å². The summed E-state index contributed by atoms with van der Waals surface area (Å²) in [5.74, 6) is -0.460. The number of hydrogen-bond acceptors (Lipinski definition) is 6. The predicted octanol–water partition coefficient (Wildman–Crippen LogP) is 1.66. The van der Waals surface area contributed by atoms with Crippen LogP contribution in [0.25, 0.3) is 5.69 Å². The molecule has 0 atom stereocenters. The van der Waals surface area contributed by atoms with Crippen LogP contribution in [0.4, 0.5) is 4.39 Å². The van der Waals surface area contributed by atoms with Gasteiger partial charge < -0.3 is 9.42 Å². The van der Waals surface area contributed by atoms with Gasteiger partial charge in [-0.1, -0.05) is 10.4 Å². The average Bonchev–Trinajstić information content (AvgIpc) is 3.34. The lowest BCUT2D eigenvalue weighted by Crippen LogP contribution is -2.48. The van der Waals surface area contributed by atoms with Gasteiger partial charge in [0.2, 0.25) is 0 Å². The fourth-order valence-electron chi connectivity index (χ4n) is 3.17. The molecule has 0 N–H and O–H groups in total. The molecule has 8 nitrogen and oxygen atoms in total. The number of benzene rings is 1. The molecule has 27 heavy (non-hydrogen) atoms. The van der Waals surface area contributed by atoms with E-state index < -0.39 is 0 Å². The Morgan fingerprint density at radius 2 is 2.04 bits per heavy atom. The van der Waals surface area contributed by atoms with Gasteiger partial charge in [-0.15, -0.1) is 5.10 Å². The van der Waals surface area contributed by atoms with Gasteiger partial charge in [0.05, 0.1) is 17.6 Å². The summed E-state index contributed by atoms with van der Waals surface area (Å²) in [5.41, 5.74) is 2.58. The maximum absolute atomic E-state index is 13.3. The number of aromatic nitrogens is 4. The first kappa shape index (κ1) is 17.3. The number of hydrogen-bond donors (Lipinski definition) is 0. The monoisotopic (exact) mass is 370 g/mol. The van der Waals surface area contributed by atoms with Gasteiger partial charge in [0.1, 0.15) is 12.1 Å². The number of halogens is 1. The van der Waals surface area contributed by atoms with Crippen LogP contribution in [0.3, 0.4) is 0 Å². The van der Waals surface area contributed by atoms with E-state index in [4.69, 9.17) is 4.52 Å². The van der Waals surface area contributed by atoms with Gasteiger partial charge in [0.25, 0.3) is 5.91 Å². The first-order chi connectivity index (χ1) is 13.1. The van der Waals surface area contributed by atoms with Gasteiger partial charge in [0, 0.05) is 38.8 Å². The Bertz CT molecular complexity index is 931. The van der Waals surface area contributed by atoms with Gasteiger partial charge >= 0.3 is 0 Å². The van der Waals surface area contributed by atoms with Crippen molar-refractivity contribution in [3.63, 3.8) is 0 Å². The molecule has 1 saturated heterocycles. The third-order valence-electron chi connectivity index (χ3n) is 4.65. The first-order valence-electron chi connectivity index (χ1n) is 8.70. The Hall–Kier alpha value is -3.07. The van der Waals surface area contributed by atoms with Crippen LogP contribution in [-0.2, 0) is 6.54 Å². The minimum Gasteiger partial charge on any atom is -0.364 e. The van der Waals surface area contributed by atoms with E-state index >= 15 is 0 Å². The SMILES string of the molecule is Cc1cc(F)ccc1-n1cc(C(=O)N2CCN(Cc3ccon3)CC2)nn1. The highest BCUT2D eigenvalue weighted by molar-refractivity contribution is 5.92. The summed E-state index contributed by atoms with van der Waals surface area (Å²) in [6.07, 6.45) is 3.14. The molecule has 0 radical (unpaired) electrons. The van der Waals surface area contributed by atoms with Gasteiger partial charge in [-0.2, -0.15) is 0 Å². The van der Waals surface area contributed by atoms with Crippen molar-refractivity contribution in [2.45, 2.75) is 13.5 Å². The number of nitrogens with zero attached hydrogens (tertiary/aromatic N) is 6. The van der Waals surface area contributed by atoms with Crippen molar-refractivity contribution in [1.29, 1.82) is 0 Å². The lowest BCUT2D eigenvalue weighted by Gasteiger charge is -2.33. The first-order valence-corrected chi connectivity index (χ1v) is 8.70. The van der Waals surface area contributed by atoms with E-state index in [-0.39, 0.29) is 17.4 Å². The lowest BCUT2D eigenvalue weighted by atomic mass is 10.2. The summed E-state index contributed by atoms with van der Waals surface area (Å²) in [6, 6.07) is 6.25. The van der Waals surface area contributed by atoms with Crippen LogP contribution in [0, 0.1) is 12.7 Å². The van der Waals surface area contributed by atoms with Crippen LogP contribution in [-0.4, -0.2) is 62.0 Å². The second-order valence-corrected chi connectivity index (χ2v) is 6.54. The van der Waals surface area contributed by atoms with E-state index in [9.17, 15) is 9.18 Å². The summed E-state index contributed by atoms with van der Waals surface area (Å²) in [7, 11) is 0. The maximum atomic E-state index is 13.3. The molecule has 1 aromatic carbocycles. The second-order valence-electron chi connectivity index (χ2n) is 6.54. The van der Waals surface area contributed by atoms with Crippen LogP contribution in [0.15, 0.2) is 41.2 Å². The molecule has 140 valence electrons. The summed E-state index contributed by atoms with van der Waals surface area (Å²) < 4.78 is 19.6. The highest BCUT2D eigenvalue weighted by Crippen LogP contribution is 2.15. The molecule has 0 spiro atoms. The van der Waals surface area contributed by atoms with Gasteiger partial charge in [-0.05, 0) is 30.7 Å². The van der Waals surface area contributed by atoms with Crippen molar-refractivity contribution >= 4 is 5.91 Å². The Labute approximate surface area is 155 Å². The fourth-order valence-corrected chi connectivity index (χ4v) is 3.17. The Morgan fingerprint density at radius 1 is 1.22 bits per heavy atom.